The predicted molar refractivity (Wildman–Crippen MR) is 115 cm³/mol. The van der Waals surface area contributed by atoms with Crippen LogP contribution in [0.4, 0.5) is 13.2 Å². The monoisotopic (exact) mass is 462 g/mol. The highest BCUT2D eigenvalue weighted by molar-refractivity contribution is 7.98. The first-order valence-corrected chi connectivity index (χ1v) is 15.8. The molecule has 0 aromatic heterocycles. The molecule has 0 radical (unpaired) electrons. The zero-order valence-electron chi connectivity index (χ0n) is 16.6. The van der Waals surface area contributed by atoms with Gasteiger partial charge in [0.1, 0.15) is 13.8 Å². The van der Waals surface area contributed by atoms with Crippen LogP contribution in [0, 0.1) is 0 Å². The van der Waals surface area contributed by atoms with Crippen molar-refractivity contribution in [3.8, 4) is 0 Å². The number of aryl methyl sites for hydroxylation is 1. The van der Waals surface area contributed by atoms with Gasteiger partial charge >= 0.3 is 5.51 Å². The molecule has 0 fully saturated rings. The molecule has 0 saturated heterocycles. The smallest absolute Gasteiger partial charge is 0.485 e. The second kappa shape index (κ2) is 9.24. The summed E-state index contributed by atoms with van der Waals surface area (Å²) in [6, 6.07) is 20.3. The van der Waals surface area contributed by atoms with Crippen molar-refractivity contribution in [2.24, 2.45) is 0 Å². The highest BCUT2D eigenvalue weighted by Gasteiger charge is 2.41. The van der Waals surface area contributed by atoms with Crippen molar-refractivity contribution in [1.29, 1.82) is 0 Å². The fraction of sp³-hybridized carbons (Fsp3) is 0.400. The minimum Gasteiger partial charge on any atom is -0.741 e. The Kier molecular flexibility index (Phi) is 7.64. The first kappa shape index (κ1) is 24.0. The normalized spacial score (nSPS) is 19.7. The van der Waals surface area contributed by atoms with E-state index in [2.05, 4.69) is 74.2 Å². The summed E-state index contributed by atoms with van der Waals surface area (Å²) in [4.78, 5) is 0. The Morgan fingerprint density at radius 3 is 2.07 bits per heavy atom. The van der Waals surface area contributed by atoms with Crippen LogP contribution in [-0.2, 0) is 27.4 Å². The summed E-state index contributed by atoms with van der Waals surface area (Å²) < 4.78 is 58.9. The van der Waals surface area contributed by atoms with E-state index in [4.69, 9.17) is 13.0 Å². The Hall–Kier alpha value is -1.29. The molecule has 3 rings (SSSR count). The van der Waals surface area contributed by atoms with Crippen molar-refractivity contribution in [2.45, 2.75) is 36.8 Å². The van der Waals surface area contributed by atoms with Gasteiger partial charge in [0.05, 0.1) is 5.38 Å². The topological polar surface area (TPSA) is 57.2 Å². The SMILES string of the molecule is C[Si](C)(C)C[S+]1CCc2ccccc2[C@@H]1c1ccccc1.O=S(=O)([O-])C(F)(F)F. The molecule has 0 amide bonds. The number of rotatable bonds is 3. The summed E-state index contributed by atoms with van der Waals surface area (Å²) in [5, 5.41) is 2.09. The van der Waals surface area contributed by atoms with Gasteiger partial charge in [-0.05, 0) is 16.5 Å². The lowest BCUT2D eigenvalue weighted by Crippen LogP contribution is -2.39. The van der Waals surface area contributed by atoms with E-state index in [0.29, 0.717) is 16.1 Å². The maximum Gasteiger partial charge on any atom is 0.485 e. The molecule has 0 bridgehead atoms. The molecule has 1 heterocycles. The van der Waals surface area contributed by atoms with Crippen LogP contribution in [0.1, 0.15) is 21.9 Å². The van der Waals surface area contributed by atoms with Crippen LogP contribution in [0.25, 0.3) is 0 Å². The van der Waals surface area contributed by atoms with Gasteiger partial charge in [-0.15, -0.1) is 0 Å². The van der Waals surface area contributed by atoms with E-state index in [0.717, 1.165) is 0 Å². The number of benzene rings is 2. The average Bonchev–Trinajstić information content (AvgIpc) is 2.60. The average molecular weight is 463 g/mol. The molecule has 1 aliphatic heterocycles. The van der Waals surface area contributed by atoms with E-state index >= 15 is 0 Å². The fourth-order valence-corrected chi connectivity index (χ4v) is 10.8. The van der Waals surface area contributed by atoms with Gasteiger partial charge in [0, 0.05) is 17.5 Å². The molecule has 2 aromatic rings. The van der Waals surface area contributed by atoms with E-state index in [1.807, 2.05) is 0 Å². The predicted octanol–water partition coefficient (Wildman–Crippen LogP) is 4.88. The van der Waals surface area contributed by atoms with E-state index < -0.39 is 23.7 Å². The maximum absolute atomic E-state index is 10.7. The van der Waals surface area contributed by atoms with Crippen molar-refractivity contribution in [3.05, 3.63) is 71.3 Å². The van der Waals surface area contributed by atoms with Gasteiger partial charge in [0.2, 0.25) is 0 Å². The molecule has 0 N–H and O–H groups in total. The molecule has 9 heteroatoms. The lowest BCUT2D eigenvalue weighted by molar-refractivity contribution is -0.0517. The van der Waals surface area contributed by atoms with Crippen LogP contribution < -0.4 is 0 Å². The van der Waals surface area contributed by atoms with E-state index in [1.165, 1.54) is 23.1 Å². The molecule has 0 spiro atoms. The molecule has 2 atom stereocenters. The third-order valence-electron chi connectivity index (χ3n) is 4.31. The lowest BCUT2D eigenvalue weighted by atomic mass is 9.97. The van der Waals surface area contributed by atoms with Crippen LogP contribution >= 0.6 is 0 Å². The van der Waals surface area contributed by atoms with E-state index in [-0.39, 0.29) is 0 Å². The largest absolute Gasteiger partial charge is 0.741 e. The van der Waals surface area contributed by atoms with Gasteiger partial charge in [0.25, 0.3) is 0 Å². The van der Waals surface area contributed by atoms with Gasteiger partial charge in [-0.25, -0.2) is 8.42 Å². The summed E-state index contributed by atoms with van der Waals surface area (Å²) in [6.45, 7) is 7.55. The Morgan fingerprint density at radius 1 is 1.03 bits per heavy atom. The van der Waals surface area contributed by atoms with Gasteiger partial charge in [-0.2, -0.15) is 13.2 Å². The molecule has 0 aliphatic carbocycles. The maximum atomic E-state index is 10.7. The second-order valence-electron chi connectivity index (χ2n) is 8.09. The summed E-state index contributed by atoms with van der Waals surface area (Å²) >= 11 is 0. The van der Waals surface area contributed by atoms with Crippen LogP contribution in [0.15, 0.2) is 54.6 Å². The first-order valence-electron chi connectivity index (χ1n) is 9.11. The van der Waals surface area contributed by atoms with Crippen molar-refractivity contribution >= 4 is 29.1 Å². The molecule has 29 heavy (non-hydrogen) atoms. The van der Waals surface area contributed by atoms with Gasteiger partial charge < -0.3 is 4.55 Å². The molecule has 1 unspecified atom stereocenters. The third-order valence-corrected chi connectivity index (χ3v) is 11.7. The van der Waals surface area contributed by atoms with Crippen LogP contribution in [-0.4, -0.2) is 37.7 Å². The molecule has 1 aliphatic rings. The molecular weight excluding hydrogens is 437 g/mol. The highest BCUT2D eigenvalue weighted by atomic mass is 32.2. The van der Waals surface area contributed by atoms with E-state index in [9.17, 15) is 13.2 Å². The summed E-state index contributed by atoms with van der Waals surface area (Å²) in [5.41, 5.74) is -0.957. The van der Waals surface area contributed by atoms with Gasteiger partial charge in [-0.3, -0.25) is 0 Å². The Morgan fingerprint density at radius 2 is 1.55 bits per heavy atom. The lowest BCUT2D eigenvalue weighted by Gasteiger charge is -2.29. The second-order valence-corrected chi connectivity index (χ2v) is 17.7. The van der Waals surface area contributed by atoms with Crippen molar-refractivity contribution in [2.75, 3.05) is 11.1 Å². The zero-order valence-corrected chi connectivity index (χ0v) is 19.2. The number of halogens is 3. The third kappa shape index (κ3) is 6.87. The molecule has 160 valence electrons. The standard InChI is InChI=1S/C19H25SSi.CHF3O3S/c1-21(2,3)15-20-14-13-16-9-7-8-12-18(16)19(20)17-10-5-4-6-11-17;2-1(3,4)8(5,6)7/h4-12,19H,13-15H2,1-3H3;(H,5,6,7)/q+1;/p-1/t19-,20?;/m0./s1. The minimum absolute atomic E-state index is 0.497. The Balaban J connectivity index is 0.000000321. The molecular formula is C20H25F3O3S2Si. The Labute approximate surface area is 174 Å². The molecule has 0 saturated carbocycles. The van der Waals surface area contributed by atoms with E-state index in [1.54, 1.807) is 11.1 Å². The minimum atomic E-state index is -6.09. The first-order chi connectivity index (χ1) is 13.3. The number of hydrogen-bond donors (Lipinski definition) is 0. The highest BCUT2D eigenvalue weighted by Crippen LogP contribution is 2.39. The number of alkyl halides is 3. The summed E-state index contributed by atoms with van der Waals surface area (Å²) in [7, 11) is -6.62. The Bertz CT molecular complexity index is 911. The van der Waals surface area contributed by atoms with Crippen LogP contribution in [0.3, 0.4) is 0 Å². The van der Waals surface area contributed by atoms with Crippen molar-refractivity contribution < 1.29 is 26.1 Å². The molecule has 3 nitrogen and oxygen atoms in total. The van der Waals surface area contributed by atoms with Crippen molar-refractivity contribution in [3.63, 3.8) is 0 Å². The summed E-state index contributed by atoms with van der Waals surface area (Å²) in [5.74, 6) is 1.38. The fourth-order valence-electron chi connectivity index (χ4n) is 3.27. The number of hydrogen-bond acceptors (Lipinski definition) is 3. The molecule has 2 aromatic carbocycles. The quantitative estimate of drug-likeness (QED) is 0.283. The summed E-state index contributed by atoms with van der Waals surface area (Å²) in [6.07, 6.45) is 1.27. The van der Waals surface area contributed by atoms with Crippen LogP contribution in [0.2, 0.25) is 19.6 Å². The number of fused-ring (bicyclic) bond motifs is 1. The van der Waals surface area contributed by atoms with Gasteiger partial charge in [0.15, 0.2) is 15.4 Å². The zero-order chi connectivity index (χ0) is 21.9. The van der Waals surface area contributed by atoms with Gasteiger partial charge in [-0.1, -0.05) is 74.2 Å². The van der Waals surface area contributed by atoms with Crippen LogP contribution in [0.5, 0.6) is 0 Å². The van der Waals surface area contributed by atoms with Crippen molar-refractivity contribution in [1.82, 2.24) is 0 Å².